The first kappa shape index (κ1) is 9.96. The summed E-state index contributed by atoms with van der Waals surface area (Å²) in [6, 6.07) is 0. The van der Waals surface area contributed by atoms with E-state index < -0.39 is 0 Å². The average Bonchev–Trinajstić information content (AvgIpc) is 2.59. The normalized spacial score (nSPS) is 11.1. The van der Waals surface area contributed by atoms with Crippen molar-refractivity contribution < 1.29 is 0 Å². The number of nitrogens with one attached hydrogen (secondary N) is 1. The minimum absolute atomic E-state index is 0.0517. The van der Waals surface area contributed by atoms with E-state index in [2.05, 4.69) is 16.9 Å². The summed E-state index contributed by atoms with van der Waals surface area (Å²) in [5.41, 5.74) is 1.54. The molecular formula is C11H15N3O. The Kier molecular flexibility index (Phi) is 2.58. The number of imidazole rings is 1. The highest BCUT2D eigenvalue weighted by Crippen LogP contribution is 2.10. The van der Waals surface area contributed by atoms with Gasteiger partial charge in [-0.15, -0.1) is 0 Å². The van der Waals surface area contributed by atoms with Crippen LogP contribution in [-0.2, 0) is 12.8 Å². The predicted molar refractivity (Wildman–Crippen MR) is 59.2 cm³/mol. The molecule has 0 aliphatic rings. The molecule has 80 valence electrons. The number of nitrogens with zero attached hydrogens (tertiary/aromatic N) is 2. The minimum atomic E-state index is -0.0517. The second-order valence-corrected chi connectivity index (χ2v) is 3.59. The summed E-state index contributed by atoms with van der Waals surface area (Å²) in [5.74, 6) is 0.982. The summed E-state index contributed by atoms with van der Waals surface area (Å²) in [4.78, 5) is 18.8. The van der Waals surface area contributed by atoms with E-state index >= 15 is 0 Å². The average molecular weight is 205 g/mol. The molecule has 1 N–H and O–H groups in total. The van der Waals surface area contributed by atoms with E-state index in [0.29, 0.717) is 5.52 Å². The Balaban J connectivity index is 2.75. The Labute approximate surface area is 88.0 Å². The van der Waals surface area contributed by atoms with Crippen molar-refractivity contribution >= 4 is 5.52 Å². The van der Waals surface area contributed by atoms with Crippen molar-refractivity contribution in [1.29, 1.82) is 0 Å². The zero-order valence-electron chi connectivity index (χ0n) is 9.08. The van der Waals surface area contributed by atoms with Crippen LogP contribution in [-0.4, -0.2) is 14.4 Å². The van der Waals surface area contributed by atoms with Gasteiger partial charge in [0.25, 0.3) is 5.56 Å². The molecule has 0 radical (unpaired) electrons. The van der Waals surface area contributed by atoms with Gasteiger partial charge in [0.2, 0.25) is 0 Å². The Morgan fingerprint density at radius 1 is 1.47 bits per heavy atom. The molecule has 4 heteroatoms. The Hall–Kier alpha value is -1.58. The number of fused-ring (bicyclic) bond motifs is 1. The van der Waals surface area contributed by atoms with Gasteiger partial charge in [-0.3, -0.25) is 9.20 Å². The van der Waals surface area contributed by atoms with Gasteiger partial charge in [0.1, 0.15) is 11.3 Å². The summed E-state index contributed by atoms with van der Waals surface area (Å²) < 4.78 is 1.90. The summed E-state index contributed by atoms with van der Waals surface area (Å²) in [5, 5.41) is 0. The molecule has 0 unspecified atom stereocenters. The van der Waals surface area contributed by atoms with Crippen LogP contribution in [0.1, 0.15) is 31.8 Å². The number of aromatic amines is 1. The molecule has 15 heavy (non-hydrogen) atoms. The fourth-order valence-corrected chi connectivity index (χ4v) is 1.83. The Morgan fingerprint density at radius 3 is 2.93 bits per heavy atom. The summed E-state index contributed by atoms with van der Waals surface area (Å²) in [6.45, 7) is 4.13. The lowest BCUT2D eigenvalue weighted by molar-refractivity contribution is 0.822. The molecule has 0 aliphatic carbocycles. The third kappa shape index (κ3) is 1.56. The van der Waals surface area contributed by atoms with Crippen molar-refractivity contribution in [3.8, 4) is 0 Å². The van der Waals surface area contributed by atoms with Gasteiger partial charge in [0, 0.05) is 18.8 Å². The van der Waals surface area contributed by atoms with E-state index in [1.165, 1.54) is 0 Å². The van der Waals surface area contributed by atoms with Crippen LogP contribution in [0.5, 0.6) is 0 Å². The molecule has 2 heterocycles. The van der Waals surface area contributed by atoms with E-state index in [1.807, 2.05) is 17.5 Å². The van der Waals surface area contributed by atoms with Crippen LogP contribution < -0.4 is 5.56 Å². The number of H-pyrrole nitrogens is 1. The van der Waals surface area contributed by atoms with Gasteiger partial charge in [-0.2, -0.15) is 0 Å². The molecule has 0 aliphatic heterocycles. The Morgan fingerprint density at radius 2 is 2.27 bits per heavy atom. The summed E-state index contributed by atoms with van der Waals surface area (Å²) in [7, 11) is 0. The van der Waals surface area contributed by atoms with E-state index in [4.69, 9.17) is 0 Å². The monoisotopic (exact) mass is 205 g/mol. The van der Waals surface area contributed by atoms with E-state index in [9.17, 15) is 4.79 Å². The highest BCUT2D eigenvalue weighted by Gasteiger charge is 2.11. The number of hydrogen-bond acceptors (Lipinski definition) is 2. The van der Waals surface area contributed by atoms with Crippen molar-refractivity contribution in [1.82, 2.24) is 14.4 Å². The lowest BCUT2D eigenvalue weighted by Gasteiger charge is -1.97. The van der Waals surface area contributed by atoms with Gasteiger partial charge in [0.15, 0.2) is 0 Å². The molecule has 0 saturated carbocycles. The van der Waals surface area contributed by atoms with Crippen LogP contribution >= 0.6 is 0 Å². The van der Waals surface area contributed by atoms with Gasteiger partial charge in [-0.05, 0) is 12.8 Å². The van der Waals surface area contributed by atoms with Gasteiger partial charge >= 0.3 is 0 Å². The standard InChI is InChI=1S/C11H15N3O/c1-3-5-9-13-8(4-2)10-11(15)12-6-7-14(9)10/h6-7H,3-5H2,1-2H3,(H,12,15). The van der Waals surface area contributed by atoms with Crippen molar-refractivity contribution in [2.24, 2.45) is 0 Å². The molecule has 0 atom stereocenters. The molecule has 0 amide bonds. The lowest BCUT2D eigenvalue weighted by Crippen LogP contribution is -2.09. The third-order valence-corrected chi connectivity index (χ3v) is 2.52. The van der Waals surface area contributed by atoms with Crippen LogP contribution in [0.25, 0.3) is 5.52 Å². The van der Waals surface area contributed by atoms with Crippen molar-refractivity contribution in [3.63, 3.8) is 0 Å². The van der Waals surface area contributed by atoms with Crippen LogP contribution in [0.15, 0.2) is 17.2 Å². The van der Waals surface area contributed by atoms with E-state index in [0.717, 1.165) is 30.8 Å². The molecule has 4 nitrogen and oxygen atoms in total. The Bertz CT molecular complexity index is 524. The summed E-state index contributed by atoms with van der Waals surface area (Å²) >= 11 is 0. The van der Waals surface area contributed by atoms with Crippen LogP contribution in [0.3, 0.4) is 0 Å². The van der Waals surface area contributed by atoms with Crippen molar-refractivity contribution in [2.75, 3.05) is 0 Å². The molecule has 2 aromatic heterocycles. The second kappa shape index (κ2) is 3.88. The molecule has 0 saturated heterocycles. The quantitative estimate of drug-likeness (QED) is 0.826. The minimum Gasteiger partial charge on any atom is -0.326 e. The maximum Gasteiger partial charge on any atom is 0.274 e. The first-order chi connectivity index (χ1) is 7.27. The van der Waals surface area contributed by atoms with Crippen molar-refractivity contribution in [2.45, 2.75) is 33.1 Å². The van der Waals surface area contributed by atoms with Gasteiger partial charge in [-0.1, -0.05) is 13.8 Å². The smallest absolute Gasteiger partial charge is 0.274 e. The van der Waals surface area contributed by atoms with Gasteiger partial charge < -0.3 is 4.98 Å². The van der Waals surface area contributed by atoms with Crippen LogP contribution in [0.2, 0.25) is 0 Å². The number of aromatic nitrogens is 3. The highest BCUT2D eigenvalue weighted by molar-refractivity contribution is 5.51. The van der Waals surface area contributed by atoms with Crippen LogP contribution in [0.4, 0.5) is 0 Å². The van der Waals surface area contributed by atoms with Crippen LogP contribution in [0, 0.1) is 0 Å². The number of aryl methyl sites for hydroxylation is 2. The van der Waals surface area contributed by atoms with E-state index in [-0.39, 0.29) is 5.56 Å². The largest absolute Gasteiger partial charge is 0.326 e. The fraction of sp³-hybridized carbons (Fsp3) is 0.455. The molecule has 0 aromatic carbocycles. The van der Waals surface area contributed by atoms with Gasteiger partial charge in [-0.25, -0.2) is 4.98 Å². The molecule has 0 spiro atoms. The maximum atomic E-state index is 11.7. The zero-order valence-corrected chi connectivity index (χ0v) is 9.08. The first-order valence-electron chi connectivity index (χ1n) is 5.35. The topological polar surface area (TPSA) is 50.2 Å². The third-order valence-electron chi connectivity index (χ3n) is 2.52. The van der Waals surface area contributed by atoms with E-state index in [1.54, 1.807) is 6.20 Å². The lowest BCUT2D eigenvalue weighted by atomic mass is 10.3. The fourth-order valence-electron chi connectivity index (χ4n) is 1.83. The predicted octanol–water partition coefficient (Wildman–Crippen LogP) is 1.54. The SMILES string of the molecule is CCCc1nc(CC)c2c(=O)[nH]ccn12. The second-order valence-electron chi connectivity index (χ2n) is 3.59. The molecule has 2 aromatic rings. The maximum absolute atomic E-state index is 11.7. The number of rotatable bonds is 3. The first-order valence-corrected chi connectivity index (χ1v) is 5.35. The summed E-state index contributed by atoms with van der Waals surface area (Å²) in [6.07, 6.45) is 6.27. The highest BCUT2D eigenvalue weighted by atomic mass is 16.1. The van der Waals surface area contributed by atoms with Crippen molar-refractivity contribution in [3.05, 3.63) is 34.3 Å². The van der Waals surface area contributed by atoms with Gasteiger partial charge in [0.05, 0.1) is 5.69 Å². The molecule has 0 fully saturated rings. The molecular weight excluding hydrogens is 190 g/mol. The zero-order chi connectivity index (χ0) is 10.8. The number of hydrogen-bond donors (Lipinski definition) is 1. The molecule has 0 bridgehead atoms. The molecule has 2 rings (SSSR count).